The van der Waals surface area contributed by atoms with Crippen LogP contribution in [0.25, 0.3) is 0 Å². The fourth-order valence-corrected chi connectivity index (χ4v) is 1.56. The molecule has 2 rings (SSSR count). The molecule has 0 saturated carbocycles. The van der Waals surface area contributed by atoms with Crippen molar-refractivity contribution in [2.24, 2.45) is 5.16 Å². The van der Waals surface area contributed by atoms with Crippen molar-refractivity contribution in [2.45, 2.75) is 13.5 Å². The van der Waals surface area contributed by atoms with Crippen molar-refractivity contribution in [3.63, 3.8) is 0 Å². The first-order chi connectivity index (χ1) is 9.15. The Balaban J connectivity index is 1.95. The van der Waals surface area contributed by atoms with Gasteiger partial charge in [0, 0.05) is 11.1 Å². The van der Waals surface area contributed by atoms with Crippen LogP contribution in [0.1, 0.15) is 16.7 Å². The Morgan fingerprint density at radius 1 is 1.16 bits per heavy atom. The summed E-state index contributed by atoms with van der Waals surface area (Å²) in [5.41, 5.74) is 1.96. The molecule has 0 unspecified atom stereocenters. The summed E-state index contributed by atoms with van der Waals surface area (Å²) in [7, 11) is 0. The topological polar surface area (TPSA) is 21.6 Å². The molecule has 0 atom stereocenters. The standard InChI is InChI=1S/C15H12F2NO/c1-11-3-2-4-12(7-11)9-18-19-10-13-8-14(16)5-6-15(13)17/h2-8H,10H2,1H3. The molecular formula is C15H12F2NO. The van der Waals surface area contributed by atoms with Gasteiger partial charge >= 0.3 is 0 Å². The number of nitrogens with zero attached hydrogens (tertiary/aromatic N) is 1. The molecule has 0 aromatic heterocycles. The highest BCUT2D eigenvalue weighted by Crippen LogP contribution is 2.11. The third-order valence-electron chi connectivity index (χ3n) is 2.49. The van der Waals surface area contributed by atoms with Gasteiger partial charge in [-0.15, -0.1) is 0 Å². The van der Waals surface area contributed by atoms with E-state index in [1.165, 1.54) is 0 Å². The Kier molecular flexibility index (Phi) is 4.23. The normalized spacial score (nSPS) is 10.9. The Labute approximate surface area is 110 Å². The molecule has 0 bridgehead atoms. The summed E-state index contributed by atoms with van der Waals surface area (Å²) in [5, 5.41) is 3.61. The number of benzene rings is 2. The van der Waals surface area contributed by atoms with Crippen LogP contribution in [-0.4, -0.2) is 6.21 Å². The highest BCUT2D eigenvalue weighted by Gasteiger charge is 2.03. The summed E-state index contributed by atoms with van der Waals surface area (Å²) < 4.78 is 26.2. The Hall–Kier alpha value is -2.23. The molecular weight excluding hydrogens is 248 g/mol. The predicted octanol–water partition coefficient (Wildman–Crippen LogP) is 3.70. The molecule has 0 saturated heterocycles. The maximum atomic E-state index is 13.3. The van der Waals surface area contributed by atoms with Gasteiger partial charge in [0.2, 0.25) is 0 Å². The van der Waals surface area contributed by atoms with E-state index in [9.17, 15) is 8.78 Å². The fraction of sp³-hybridized carbons (Fsp3) is 0.133. The van der Waals surface area contributed by atoms with E-state index in [0.717, 1.165) is 29.3 Å². The summed E-state index contributed by atoms with van der Waals surface area (Å²) >= 11 is 0. The van der Waals surface area contributed by atoms with E-state index in [0.29, 0.717) is 0 Å². The number of rotatable bonds is 4. The molecule has 0 amide bonds. The van der Waals surface area contributed by atoms with Gasteiger partial charge in [-0.3, -0.25) is 0 Å². The minimum absolute atomic E-state index is 0.120. The van der Waals surface area contributed by atoms with Gasteiger partial charge in [-0.1, -0.05) is 28.9 Å². The number of hydrogen-bond acceptors (Lipinski definition) is 2. The summed E-state index contributed by atoms with van der Waals surface area (Å²) in [4.78, 5) is 4.91. The second-order valence-electron chi connectivity index (χ2n) is 4.08. The van der Waals surface area contributed by atoms with Gasteiger partial charge < -0.3 is 4.84 Å². The third kappa shape index (κ3) is 3.88. The summed E-state index contributed by atoms with van der Waals surface area (Å²) in [6.45, 7) is 1.82. The quantitative estimate of drug-likeness (QED) is 0.606. The zero-order valence-electron chi connectivity index (χ0n) is 10.4. The van der Waals surface area contributed by atoms with Gasteiger partial charge in [-0.05, 0) is 31.2 Å². The average molecular weight is 260 g/mol. The maximum absolute atomic E-state index is 13.3. The number of hydrogen-bond donors (Lipinski definition) is 0. The summed E-state index contributed by atoms with van der Waals surface area (Å²) in [5.74, 6) is -1.03. The van der Waals surface area contributed by atoms with E-state index >= 15 is 0 Å². The van der Waals surface area contributed by atoms with Crippen molar-refractivity contribution in [3.05, 3.63) is 70.8 Å². The number of aryl methyl sites for hydroxylation is 1. The van der Waals surface area contributed by atoms with Crippen LogP contribution < -0.4 is 0 Å². The molecule has 2 aromatic rings. The fourth-order valence-electron chi connectivity index (χ4n) is 1.56. The lowest BCUT2D eigenvalue weighted by atomic mass is 10.2. The monoisotopic (exact) mass is 260 g/mol. The van der Waals surface area contributed by atoms with Crippen LogP contribution in [0.2, 0.25) is 0 Å². The first-order valence-electron chi connectivity index (χ1n) is 5.74. The Morgan fingerprint density at radius 3 is 2.79 bits per heavy atom. The van der Waals surface area contributed by atoms with Gasteiger partial charge in [0.1, 0.15) is 24.5 Å². The molecule has 0 aliphatic carbocycles. The maximum Gasteiger partial charge on any atom is 0.145 e. The van der Waals surface area contributed by atoms with E-state index < -0.39 is 11.6 Å². The van der Waals surface area contributed by atoms with Crippen LogP contribution in [-0.2, 0) is 11.4 Å². The second-order valence-corrected chi connectivity index (χ2v) is 4.08. The van der Waals surface area contributed by atoms with Crippen LogP contribution in [0, 0.1) is 18.6 Å². The van der Waals surface area contributed by atoms with E-state index in [-0.39, 0.29) is 12.2 Å². The first kappa shape index (κ1) is 13.2. The van der Waals surface area contributed by atoms with Crippen LogP contribution >= 0.6 is 0 Å². The lowest BCUT2D eigenvalue weighted by Crippen LogP contribution is -1.94. The molecule has 19 heavy (non-hydrogen) atoms. The van der Waals surface area contributed by atoms with Gasteiger partial charge in [0.25, 0.3) is 0 Å². The number of halogens is 2. The zero-order valence-corrected chi connectivity index (χ0v) is 10.4. The second kappa shape index (κ2) is 6.09. The van der Waals surface area contributed by atoms with Crippen molar-refractivity contribution in [1.82, 2.24) is 0 Å². The molecule has 1 radical (unpaired) electrons. The smallest absolute Gasteiger partial charge is 0.145 e. The summed E-state index contributed by atoms with van der Waals surface area (Å²) in [6.07, 6.45) is 2.68. The van der Waals surface area contributed by atoms with Gasteiger partial charge in [-0.25, -0.2) is 8.78 Å². The first-order valence-corrected chi connectivity index (χ1v) is 5.74. The SMILES string of the molecule is Cc1cccc(/[C]=N\OCc2cc(F)ccc2F)c1. The molecule has 2 aromatic carbocycles. The van der Waals surface area contributed by atoms with Gasteiger partial charge in [0.05, 0.1) is 0 Å². The predicted molar refractivity (Wildman–Crippen MR) is 68.9 cm³/mol. The third-order valence-corrected chi connectivity index (χ3v) is 2.49. The molecule has 0 N–H and O–H groups in total. The highest BCUT2D eigenvalue weighted by molar-refractivity contribution is 5.79. The molecule has 0 fully saturated rings. The summed E-state index contributed by atoms with van der Waals surface area (Å²) in [6, 6.07) is 10.7. The minimum atomic E-state index is -0.521. The molecule has 4 heteroatoms. The molecule has 97 valence electrons. The molecule has 0 aliphatic heterocycles. The molecule has 2 nitrogen and oxygen atoms in total. The van der Waals surface area contributed by atoms with Crippen LogP contribution in [0.4, 0.5) is 8.78 Å². The Morgan fingerprint density at radius 2 is 2.00 bits per heavy atom. The lowest BCUT2D eigenvalue weighted by molar-refractivity contribution is 0.129. The van der Waals surface area contributed by atoms with E-state index in [1.807, 2.05) is 31.2 Å². The Bertz CT molecular complexity index is 596. The molecule has 0 spiro atoms. The average Bonchev–Trinajstić information content (AvgIpc) is 2.39. The van der Waals surface area contributed by atoms with Crippen LogP contribution in [0.5, 0.6) is 0 Å². The van der Waals surface area contributed by atoms with E-state index in [4.69, 9.17) is 4.84 Å². The van der Waals surface area contributed by atoms with Crippen molar-refractivity contribution in [2.75, 3.05) is 0 Å². The van der Waals surface area contributed by atoms with Crippen LogP contribution in [0.3, 0.4) is 0 Å². The van der Waals surface area contributed by atoms with Crippen molar-refractivity contribution in [1.29, 1.82) is 0 Å². The molecule has 0 aliphatic rings. The minimum Gasteiger partial charge on any atom is -0.390 e. The zero-order chi connectivity index (χ0) is 13.7. The van der Waals surface area contributed by atoms with Gasteiger partial charge in [-0.2, -0.15) is 0 Å². The van der Waals surface area contributed by atoms with Crippen molar-refractivity contribution in [3.8, 4) is 0 Å². The largest absolute Gasteiger partial charge is 0.390 e. The van der Waals surface area contributed by atoms with Crippen molar-refractivity contribution < 1.29 is 13.6 Å². The van der Waals surface area contributed by atoms with Crippen molar-refractivity contribution >= 4 is 6.21 Å². The van der Waals surface area contributed by atoms with E-state index in [1.54, 1.807) is 0 Å². The highest BCUT2D eigenvalue weighted by atomic mass is 19.1. The molecule has 0 heterocycles. The van der Waals surface area contributed by atoms with E-state index in [2.05, 4.69) is 11.4 Å². The lowest BCUT2D eigenvalue weighted by Gasteiger charge is -2.01. The van der Waals surface area contributed by atoms with Crippen LogP contribution in [0.15, 0.2) is 47.6 Å². The van der Waals surface area contributed by atoms with Gasteiger partial charge in [0.15, 0.2) is 0 Å².